The summed E-state index contributed by atoms with van der Waals surface area (Å²) < 4.78 is 5.72. The fourth-order valence-electron chi connectivity index (χ4n) is 2.10. The summed E-state index contributed by atoms with van der Waals surface area (Å²) in [5.41, 5.74) is 3.42. The van der Waals surface area contributed by atoms with Crippen LogP contribution in [0.15, 0.2) is 48.5 Å². The van der Waals surface area contributed by atoms with E-state index in [1.54, 1.807) is 0 Å². The first-order valence-corrected chi connectivity index (χ1v) is 6.56. The van der Waals surface area contributed by atoms with Gasteiger partial charge in [0.2, 0.25) is 0 Å². The van der Waals surface area contributed by atoms with Crippen LogP contribution in [0.2, 0.25) is 5.02 Å². The van der Waals surface area contributed by atoms with Gasteiger partial charge in [-0.05, 0) is 42.1 Å². The smallest absolute Gasteiger partial charge is 0.138 e. The van der Waals surface area contributed by atoms with E-state index >= 15 is 0 Å². The molecule has 0 aliphatic carbocycles. The van der Waals surface area contributed by atoms with Gasteiger partial charge in [-0.2, -0.15) is 0 Å². The highest BCUT2D eigenvalue weighted by Gasteiger charge is 2.04. The van der Waals surface area contributed by atoms with E-state index in [9.17, 15) is 0 Å². The van der Waals surface area contributed by atoms with Crippen LogP contribution in [0.3, 0.4) is 0 Å². The van der Waals surface area contributed by atoms with Crippen molar-refractivity contribution in [3.8, 4) is 5.75 Å². The van der Waals surface area contributed by atoms with Crippen molar-refractivity contribution in [3.05, 3.63) is 64.8 Å². The molecule has 2 aromatic carbocycles. The number of aromatic amines is 1. The van der Waals surface area contributed by atoms with Crippen molar-refractivity contribution in [2.45, 2.75) is 13.5 Å². The zero-order valence-electron chi connectivity index (χ0n) is 10.6. The van der Waals surface area contributed by atoms with Gasteiger partial charge in [-0.3, -0.25) is 0 Å². The number of para-hydroxylation sites is 1. The number of hydrogen-bond donors (Lipinski definition) is 1. The third kappa shape index (κ3) is 2.59. The van der Waals surface area contributed by atoms with E-state index in [4.69, 9.17) is 16.3 Å². The first kappa shape index (κ1) is 12.1. The standard InChI is InChI=1S/C16H14ClNO/c1-11-6-7-12-9-13(18-15(12)8-11)10-19-16-5-3-2-4-14(16)17/h2-9,18H,10H2,1H3. The number of aromatic nitrogens is 1. The van der Waals surface area contributed by atoms with Crippen molar-refractivity contribution in [1.82, 2.24) is 4.98 Å². The third-order valence-corrected chi connectivity index (χ3v) is 3.37. The Hall–Kier alpha value is -1.93. The van der Waals surface area contributed by atoms with Crippen LogP contribution in [-0.4, -0.2) is 4.98 Å². The Morgan fingerprint density at radius 3 is 2.79 bits per heavy atom. The molecule has 0 amide bonds. The number of rotatable bonds is 3. The molecule has 0 saturated heterocycles. The maximum atomic E-state index is 6.05. The molecule has 0 unspecified atom stereocenters. The van der Waals surface area contributed by atoms with Crippen LogP contribution in [0.1, 0.15) is 11.3 Å². The fraction of sp³-hybridized carbons (Fsp3) is 0.125. The van der Waals surface area contributed by atoms with Crippen LogP contribution < -0.4 is 4.74 Å². The van der Waals surface area contributed by atoms with Crippen LogP contribution in [0.25, 0.3) is 10.9 Å². The number of H-pyrrole nitrogens is 1. The van der Waals surface area contributed by atoms with Gasteiger partial charge in [0.05, 0.1) is 10.7 Å². The second kappa shape index (κ2) is 4.98. The van der Waals surface area contributed by atoms with Crippen molar-refractivity contribution in [1.29, 1.82) is 0 Å². The largest absolute Gasteiger partial charge is 0.486 e. The predicted octanol–water partition coefficient (Wildman–Crippen LogP) is 4.71. The minimum Gasteiger partial charge on any atom is -0.486 e. The summed E-state index contributed by atoms with van der Waals surface area (Å²) in [4.78, 5) is 3.36. The van der Waals surface area contributed by atoms with E-state index in [1.165, 1.54) is 10.9 Å². The summed E-state index contributed by atoms with van der Waals surface area (Å²) in [6.45, 7) is 2.57. The molecule has 96 valence electrons. The third-order valence-electron chi connectivity index (χ3n) is 3.05. The molecule has 1 N–H and O–H groups in total. The van der Waals surface area contributed by atoms with E-state index in [1.807, 2.05) is 24.3 Å². The van der Waals surface area contributed by atoms with Gasteiger partial charge in [-0.1, -0.05) is 35.9 Å². The zero-order valence-corrected chi connectivity index (χ0v) is 11.4. The van der Waals surface area contributed by atoms with E-state index < -0.39 is 0 Å². The summed E-state index contributed by atoms with van der Waals surface area (Å²) in [6.07, 6.45) is 0. The van der Waals surface area contributed by atoms with Crippen molar-refractivity contribution in [3.63, 3.8) is 0 Å². The van der Waals surface area contributed by atoms with Crippen LogP contribution >= 0.6 is 11.6 Å². The molecular weight excluding hydrogens is 258 g/mol. The first-order valence-electron chi connectivity index (χ1n) is 6.18. The average Bonchev–Trinajstić information content (AvgIpc) is 2.79. The summed E-state index contributed by atoms with van der Waals surface area (Å²) in [5, 5.41) is 1.83. The fourth-order valence-corrected chi connectivity index (χ4v) is 2.29. The van der Waals surface area contributed by atoms with Gasteiger partial charge < -0.3 is 9.72 Å². The number of halogens is 1. The number of hydrogen-bond acceptors (Lipinski definition) is 1. The van der Waals surface area contributed by atoms with Crippen LogP contribution in [0.4, 0.5) is 0 Å². The lowest BCUT2D eigenvalue weighted by Gasteiger charge is -2.05. The highest BCUT2D eigenvalue weighted by atomic mass is 35.5. The summed E-state index contributed by atoms with van der Waals surface area (Å²) in [6, 6.07) is 16.0. The summed E-state index contributed by atoms with van der Waals surface area (Å²) in [7, 11) is 0. The topological polar surface area (TPSA) is 25.0 Å². The second-order valence-electron chi connectivity index (χ2n) is 4.60. The molecule has 2 nitrogen and oxygen atoms in total. The van der Waals surface area contributed by atoms with E-state index in [0.717, 1.165) is 11.2 Å². The Kier molecular flexibility index (Phi) is 3.18. The molecule has 3 aromatic rings. The van der Waals surface area contributed by atoms with Crippen molar-refractivity contribution in [2.75, 3.05) is 0 Å². The molecule has 1 heterocycles. The van der Waals surface area contributed by atoms with E-state index in [0.29, 0.717) is 17.4 Å². The molecule has 0 atom stereocenters. The zero-order chi connectivity index (χ0) is 13.2. The summed E-state index contributed by atoms with van der Waals surface area (Å²) >= 11 is 6.05. The number of benzene rings is 2. The Balaban J connectivity index is 1.80. The Bertz CT molecular complexity index is 718. The SMILES string of the molecule is Cc1ccc2cc(COc3ccccc3Cl)[nH]c2c1. The minimum atomic E-state index is 0.484. The number of fused-ring (bicyclic) bond motifs is 1. The molecule has 0 saturated carbocycles. The average molecular weight is 272 g/mol. The lowest BCUT2D eigenvalue weighted by atomic mass is 10.2. The van der Waals surface area contributed by atoms with Crippen LogP contribution in [-0.2, 0) is 6.61 Å². The predicted molar refractivity (Wildman–Crippen MR) is 78.8 cm³/mol. The van der Waals surface area contributed by atoms with Crippen molar-refractivity contribution in [2.24, 2.45) is 0 Å². The monoisotopic (exact) mass is 271 g/mol. The van der Waals surface area contributed by atoms with Crippen molar-refractivity contribution >= 4 is 22.5 Å². The first-order chi connectivity index (χ1) is 9.22. The Morgan fingerprint density at radius 1 is 1.11 bits per heavy atom. The van der Waals surface area contributed by atoms with Gasteiger partial charge in [-0.15, -0.1) is 0 Å². The lowest BCUT2D eigenvalue weighted by Crippen LogP contribution is -1.95. The number of aryl methyl sites for hydroxylation is 1. The Morgan fingerprint density at radius 2 is 1.95 bits per heavy atom. The van der Waals surface area contributed by atoms with Crippen LogP contribution in [0, 0.1) is 6.92 Å². The minimum absolute atomic E-state index is 0.484. The molecule has 0 fully saturated rings. The lowest BCUT2D eigenvalue weighted by molar-refractivity contribution is 0.302. The molecule has 0 bridgehead atoms. The van der Waals surface area contributed by atoms with E-state index in [-0.39, 0.29) is 0 Å². The maximum Gasteiger partial charge on any atom is 0.138 e. The van der Waals surface area contributed by atoms with Gasteiger partial charge in [-0.25, -0.2) is 0 Å². The van der Waals surface area contributed by atoms with Crippen LogP contribution in [0.5, 0.6) is 5.75 Å². The van der Waals surface area contributed by atoms with Crippen molar-refractivity contribution < 1.29 is 4.74 Å². The molecule has 0 spiro atoms. The molecule has 3 heteroatoms. The molecule has 1 aromatic heterocycles. The highest BCUT2D eigenvalue weighted by Crippen LogP contribution is 2.24. The van der Waals surface area contributed by atoms with Gasteiger partial charge in [0.25, 0.3) is 0 Å². The van der Waals surface area contributed by atoms with Gasteiger partial charge in [0.1, 0.15) is 12.4 Å². The maximum absolute atomic E-state index is 6.05. The van der Waals surface area contributed by atoms with Gasteiger partial charge in [0, 0.05) is 5.52 Å². The number of ether oxygens (including phenoxy) is 1. The summed E-state index contributed by atoms with van der Waals surface area (Å²) in [5.74, 6) is 0.707. The van der Waals surface area contributed by atoms with Gasteiger partial charge >= 0.3 is 0 Å². The Labute approximate surface area is 117 Å². The number of nitrogens with one attached hydrogen (secondary N) is 1. The molecule has 0 radical (unpaired) electrons. The normalized spacial score (nSPS) is 10.8. The van der Waals surface area contributed by atoms with E-state index in [2.05, 4.69) is 36.2 Å². The molecular formula is C16H14ClNO. The highest BCUT2D eigenvalue weighted by molar-refractivity contribution is 6.32. The second-order valence-corrected chi connectivity index (χ2v) is 5.01. The van der Waals surface area contributed by atoms with Gasteiger partial charge in [0.15, 0.2) is 0 Å². The quantitative estimate of drug-likeness (QED) is 0.733. The molecule has 19 heavy (non-hydrogen) atoms. The molecule has 0 aliphatic rings. The molecule has 0 aliphatic heterocycles. The molecule has 3 rings (SSSR count).